The normalized spacial score (nSPS) is 11.4. The largest absolute Gasteiger partial charge is 0.379 e. The third-order valence-corrected chi connectivity index (χ3v) is 4.50. The highest BCUT2D eigenvalue weighted by Crippen LogP contribution is 2.29. The van der Waals surface area contributed by atoms with E-state index >= 15 is 0 Å². The van der Waals surface area contributed by atoms with Crippen molar-refractivity contribution in [1.82, 2.24) is 20.0 Å². The number of rotatable bonds is 4. The van der Waals surface area contributed by atoms with Gasteiger partial charge >= 0.3 is 0 Å². The summed E-state index contributed by atoms with van der Waals surface area (Å²) in [5.74, 6) is 0.476. The van der Waals surface area contributed by atoms with Crippen LogP contribution in [-0.2, 0) is 13.6 Å². The first-order valence-electron chi connectivity index (χ1n) is 6.61. The van der Waals surface area contributed by atoms with Gasteiger partial charge in [-0.05, 0) is 18.2 Å². The van der Waals surface area contributed by atoms with E-state index in [-0.39, 0.29) is 0 Å². The highest BCUT2D eigenvalue weighted by Gasteiger charge is 2.08. The SMILES string of the molecule is CC(C)c1nc2ccc(NCc3cnnn3C)cc2s1. The molecule has 104 valence electrons. The molecule has 0 aliphatic rings. The Morgan fingerprint density at radius 2 is 2.20 bits per heavy atom. The molecule has 0 spiro atoms. The van der Waals surface area contributed by atoms with E-state index < -0.39 is 0 Å². The lowest BCUT2D eigenvalue weighted by Crippen LogP contribution is -2.05. The maximum atomic E-state index is 4.64. The van der Waals surface area contributed by atoms with E-state index in [1.165, 1.54) is 9.71 Å². The van der Waals surface area contributed by atoms with Gasteiger partial charge in [-0.15, -0.1) is 16.4 Å². The predicted molar refractivity (Wildman–Crippen MR) is 82.0 cm³/mol. The fourth-order valence-electron chi connectivity index (χ4n) is 1.96. The molecular weight excluding hydrogens is 270 g/mol. The molecule has 0 atom stereocenters. The van der Waals surface area contributed by atoms with Crippen LogP contribution in [0.1, 0.15) is 30.5 Å². The summed E-state index contributed by atoms with van der Waals surface area (Å²) >= 11 is 1.77. The number of aromatic nitrogens is 4. The lowest BCUT2D eigenvalue weighted by Gasteiger charge is -2.05. The number of hydrogen-bond acceptors (Lipinski definition) is 5. The van der Waals surface area contributed by atoms with Crippen molar-refractivity contribution >= 4 is 27.2 Å². The first-order chi connectivity index (χ1) is 9.63. The van der Waals surface area contributed by atoms with Gasteiger partial charge in [-0.3, -0.25) is 4.68 Å². The van der Waals surface area contributed by atoms with Crippen molar-refractivity contribution in [2.75, 3.05) is 5.32 Å². The van der Waals surface area contributed by atoms with Gasteiger partial charge in [-0.1, -0.05) is 19.1 Å². The lowest BCUT2D eigenvalue weighted by molar-refractivity contribution is 0.683. The zero-order valence-corrected chi connectivity index (χ0v) is 12.6. The van der Waals surface area contributed by atoms with Gasteiger partial charge in [0.25, 0.3) is 0 Å². The molecule has 1 aromatic carbocycles. The van der Waals surface area contributed by atoms with Crippen molar-refractivity contribution < 1.29 is 0 Å². The Bertz CT molecular complexity index is 728. The molecule has 0 radical (unpaired) electrons. The summed E-state index contributed by atoms with van der Waals surface area (Å²) in [6, 6.07) is 6.29. The maximum Gasteiger partial charge on any atom is 0.0963 e. The number of thiazole rings is 1. The highest BCUT2D eigenvalue weighted by atomic mass is 32.1. The van der Waals surface area contributed by atoms with Gasteiger partial charge in [0, 0.05) is 18.7 Å². The molecule has 0 aliphatic heterocycles. The molecular formula is C14H17N5S. The standard InChI is InChI=1S/C14H17N5S/c1-9(2)14-17-12-5-4-10(6-13(12)20-14)15-7-11-8-16-18-19(11)3/h4-6,8-9,15H,7H2,1-3H3. The second kappa shape index (κ2) is 5.20. The minimum absolute atomic E-state index is 0.476. The number of fused-ring (bicyclic) bond motifs is 1. The van der Waals surface area contributed by atoms with Crippen LogP contribution in [0.3, 0.4) is 0 Å². The molecule has 0 bridgehead atoms. The molecule has 0 unspecified atom stereocenters. The predicted octanol–water partition coefficient (Wildman–Crippen LogP) is 3.16. The van der Waals surface area contributed by atoms with E-state index in [4.69, 9.17) is 0 Å². The summed E-state index contributed by atoms with van der Waals surface area (Å²) < 4.78 is 3.00. The van der Waals surface area contributed by atoms with E-state index in [1.54, 1.807) is 22.2 Å². The average molecular weight is 287 g/mol. The van der Waals surface area contributed by atoms with E-state index in [2.05, 4.69) is 52.7 Å². The monoisotopic (exact) mass is 287 g/mol. The smallest absolute Gasteiger partial charge is 0.0963 e. The van der Waals surface area contributed by atoms with E-state index in [9.17, 15) is 0 Å². The summed E-state index contributed by atoms with van der Waals surface area (Å²) in [4.78, 5) is 4.64. The zero-order valence-electron chi connectivity index (χ0n) is 11.8. The number of benzene rings is 1. The second-order valence-electron chi connectivity index (χ2n) is 5.09. The molecule has 3 rings (SSSR count). The summed E-state index contributed by atoms with van der Waals surface area (Å²) in [6.45, 7) is 5.06. The Morgan fingerprint density at radius 1 is 1.35 bits per heavy atom. The topological polar surface area (TPSA) is 55.6 Å². The van der Waals surface area contributed by atoms with Crippen molar-refractivity contribution in [1.29, 1.82) is 0 Å². The van der Waals surface area contributed by atoms with E-state index in [1.807, 2.05) is 7.05 Å². The third-order valence-electron chi connectivity index (χ3n) is 3.18. The van der Waals surface area contributed by atoms with Crippen LogP contribution in [-0.4, -0.2) is 20.0 Å². The summed E-state index contributed by atoms with van der Waals surface area (Å²) in [5, 5.41) is 12.4. The first kappa shape index (κ1) is 13.1. The van der Waals surface area contributed by atoms with Crippen molar-refractivity contribution in [3.05, 3.63) is 35.1 Å². The minimum atomic E-state index is 0.476. The summed E-state index contributed by atoms with van der Waals surface area (Å²) in [7, 11) is 1.89. The molecule has 3 aromatic rings. The quantitative estimate of drug-likeness (QED) is 0.801. The Balaban J connectivity index is 1.80. The molecule has 1 N–H and O–H groups in total. The number of hydrogen-bond donors (Lipinski definition) is 1. The van der Waals surface area contributed by atoms with Crippen LogP contribution in [0, 0.1) is 0 Å². The number of anilines is 1. The van der Waals surface area contributed by atoms with Crippen LogP contribution >= 0.6 is 11.3 Å². The number of nitrogens with one attached hydrogen (secondary N) is 1. The molecule has 0 aliphatic carbocycles. The van der Waals surface area contributed by atoms with Crippen LogP contribution in [0.25, 0.3) is 10.2 Å². The molecule has 0 amide bonds. The summed E-state index contributed by atoms with van der Waals surface area (Å²) in [5.41, 5.74) is 3.22. The van der Waals surface area contributed by atoms with Crippen LogP contribution in [0.4, 0.5) is 5.69 Å². The van der Waals surface area contributed by atoms with E-state index in [0.29, 0.717) is 12.5 Å². The van der Waals surface area contributed by atoms with Crippen molar-refractivity contribution in [2.45, 2.75) is 26.3 Å². The average Bonchev–Trinajstić information content (AvgIpc) is 3.01. The number of nitrogens with zero attached hydrogens (tertiary/aromatic N) is 4. The molecule has 6 heteroatoms. The maximum absolute atomic E-state index is 4.64. The van der Waals surface area contributed by atoms with Gasteiger partial charge in [0.1, 0.15) is 0 Å². The highest BCUT2D eigenvalue weighted by molar-refractivity contribution is 7.18. The Hall–Kier alpha value is -1.95. The molecule has 0 saturated heterocycles. The fraction of sp³-hybridized carbons (Fsp3) is 0.357. The Morgan fingerprint density at radius 3 is 2.90 bits per heavy atom. The molecule has 5 nitrogen and oxygen atoms in total. The van der Waals surface area contributed by atoms with Gasteiger partial charge in [-0.25, -0.2) is 4.98 Å². The number of aryl methyl sites for hydroxylation is 1. The van der Waals surface area contributed by atoms with Gasteiger partial charge in [0.05, 0.1) is 33.7 Å². The van der Waals surface area contributed by atoms with Crippen molar-refractivity contribution in [2.24, 2.45) is 7.05 Å². The van der Waals surface area contributed by atoms with Crippen LogP contribution < -0.4 is 5.32 Å². The van der Waals surface area contributed by atoms with Crippen molar-refractivity contribution in [3.8, 4) is 0 Å². The second-order valence-corrected chi connectivity index (χ2v) is 6.15. The molecule has 20 heavy (non-hydrogen) atoms. The van der Waals surface area contributed by atoms with Crippen molar-refractivity contribution in [3.63, 3.8) is 0 Å². The zero-order chi connectivity index (χ0) is 14.1. The first-order valence-corrected chi connectivity index (χ1v) is 7.43. The molecule has 2 aromatic heterocycles. The van der Waals surface area contributed by atoms with Gasteiger partial charge in [0.2, 0.25) is 0 Å². The van der Waals surface area contributed by atoms with Crippen LogP contribution in [0.15, 0.2) is 24.4 Å². The summed E-state index contributed by atoms with van der Waals surface area (Å²) in [6.07, 6.45) is 1.77. The minimum Gasteiger partial charge on any atom is -0.379 e. The van der Waals surface area contributed by atoms with Gasteiger partial charge in [-0.2, -0.15) is 0 Å². The van der Waals surface area contributed by atoms with Crippen LogP contribution in [0.5, 0.6) is 0 Å². The van der Waals surface area contributed by atoms with Crippen LogP contribution in [0.2, 0.25) is 0 Å². The molecule has 0 saturated carbocycles. The fourth-order valence-corrected chi connectivity index (χ4v) is 2.97. The van der Waals surface area contributed by atoms with Gasteiger partial charge in [0.15, 0.2) is 0 Å². The Kier molecular flexibility index (Phi) is 3.40. The lowest BCUT2D eigenvalue weighted by atomic mass is 10.2. The Labute approximate surface area is 121 Å². The molecule has 2 heterocycles. The third kappa shape index (κ3) is 2.51. The van der Waals surface area contributed by atoms with E-state index in [0.717, 1.165) is 16.9 Å². The molecule has 0 fully saturated rings. The van der Waals surface area contributed by atoms with Gasteiger partial charge < -0.3 is 5.32 Å².